The van der Waals surface area contributed by atoms with Gasteiger partial charge in [0.15, 0.2) is 0 Å². The smallest absolute Gasteiger partial charge is 0.00851 e. The average Bonchev–Trinajstić information content (AvgIpc) is 2.36. The van der Waals surface area contributed by atoms with Crippen molar-refractivity contribution >= 4 is 0 Å². The molecule has 0 spiro atoms. The van der Waals surface area contributed by atoms with E-state index in [0.717, 1.165) is 12.8 Å². The SMILES string of the molecule is CC(C)C(N)C(C)C.CC(N)C(C)(C)C.CCC(N)CC. The van der Waals surface area contributed by atoms with Gasteiger partial charge in [0.05, 0.1) is 0 Å². The Morgan fingerprint density at radius 3 is 0.952 bits per heavy atom. The van der Waals surface area contributed by atoms with Crippen LogP contribution in [0.3, 0.4) is 0 Å². The largest absolute Gasteiger partial charge is 0.328 e. The van der Waals surface area contributed by atoms with E-state index in [4.69, 9.17) is 17.2 Å². The van der Waals surface area contributed by atoms with Crippen molar-refractivity contribution in [1.29, 1.82) is 0 Å². The summed E-state index contributed by atoms with van der Waals surface area (Å²) in [6, 6.07) is 1.10. The highest BCUT2D eigenvalue weighted by molar-refractivity contribution is 4.71. The van der Waals surface area contributed by atoms with Crippen molar-refractivity contribution in [3.8, 4) is 0 Å². The highest BCUT2D eigenvalue weighted by Gasteiger charge is 2.14. The Morgan fingerprint density at radius 2 is 0.952 bits per heavy atom. The van der Waals surface area contributed by atoms with Crippen molar-refractivity contribution in [2.24, 2.45) is 34.5 Å². The Labute approximate surface area is 135 Å². The quantitative estimate of drug-likeness (QED) is 0.730. The summed E-state index contributed by atoms with van der Waals surface area (Å²) < 4.78 is 0. The molecule has 0 aromatic carbocycles. The van der Waals surface area contributed by atoms with Crippen molar-refractivity contribution in [1.82, 2.24) is 0 Å². The Balaban J connectivity index is -0.000000234. The van der Waals surface area contributed by atoms with Gasteiger partial charge in [0.1, 0.15) is 0 Å². The second-order valence-corrected chi connectivity index (χ2v) is 7.80. The van der Waals surface area contributed by atoms with Gasteiger partial charge in [-0.25, -0.2) is 0 Å². The van der Waals surface area contributed by atoms with Crippen LogP contribution in [0.15, 0.2) is 0 Å². The van der Waals surface area contributed by atoms with Crippen LogP contribution in [0.1, 0.15) is 82.1 Å². The van der Waals surface area contributed by atoms with Crippen molar-refractivity contribution in [2.75, 3.05) is 0 Å². The number of hydrogen-bond donors (Lipinski definition) is 3. The van der Waals surface area contributed by atoms with Gasteiger partial charge in [-0.3, -0.25) is 0 Å². The van der Waals surface area contributed by atoms with Crippen LogP contribution >= 0.6 is 0 Å². The number of rotatable bonds is 4. The van der Waals surface area contributed by atoms with E-state index in [2.05, 4.69) is 62.3 Å². The average molecular weight is 304 g/mol. The summed E-state index contributed by atoms with van der Waals surface area (Å²) in [7, 11) is 0. The minimum atomic E-state index is 0.278. The molecule has 1 unspecified atom stereocenters. The van der Waals surface area contributed by atoms with Crippen LogP contribution in [0.25, 0.3) is 0 Å². The predicted molar refractivity (Wildman–Crippen MR) is 99.3 cm³/mol. The van der Waals surface area contributed by atoms with Crippen LogP contribution in [0, 0.1) is 17.3 Å². The molecule has 0 aliphatic rings. The summed E-state index contributed by atoms with van der Waals surface area (Å²) in [5.41, 5.74) is 17.1. The predicted octanol–water partition coefficient (Wildman–Crippen LogP) is 4.14. The molecule has 0 aliphatic heterocycles. The summed E-state index contributed by atoms with van der Waals surface area (Å²) in [4.78, 5) is 0. The second-order valence-electron chi connectivity index (χ2n) is 7.80. The van der Waals surface area contributed by atoms with E-state index in [1.54, 1.807) is 0 Å². The monoisotopic (exact) mass is 303 g/mol. The van der Waals surface area contributed by atoms with E-state index < -0.39 is 0 Å². The number of hydrogen-bond acceptors (Lipinski definition) is 3. The third-order valence-corrected chi connectivity index (χ3v) is 3.95. The van der Waals surface area contributed by atoms with Crippen LogP contribution in [-0.4, -0.2) is 18.1 Å². The standard InChI is InChI=1S/C7H17N.C6H15N.C5H13N/c1-5(2)7(8)6(3)4;1-5(7)6(2,3)4;1-3-5(6)4-2/h5-7H,8H2,1-4H3;5H,7H2,1-4H3;5H,3-4,6H2,1-2H3. The van der Waals surface area contributed by atoms with Crippen LogP contribution < -0.4 is 17.2 Å². The topological polar surface area (TPSA) is 78.1 Å². The van der Waals surface area contributed by atoms with Gasteiger partial charge in [0.25, 0.3) is 0 Å². The summed E-state index contributed by atoms with van der Waals surface area (Å²) in [5.74, 6) is 1.24. The maximum atomic E-state index is 5.76. The van der Waals surface area contributed by atoms with Gasteiger partial charge in [-0.1, -0.05) is 62.3 Å². The van der Waals surface area contributed by atoms with Crippen molar-refractivity contribution in [3.63, 3.8) is 0 Å². The lowest BCUT2D eigenvalue weighted by molar-refractivity contribution is 0.340. The van der Waals surface area contributed by atoms with Gasteiger partial charge in [-0.05, 0) is 37.0 Å². The van der Waals surface area contributed by atoms with E-state index in [9.17, 15) is 0 Å². The molecule has 0 aromatic rings. The van der Waals surface area contributed by atoms with E-state index in [1.165, 1.54) is 0 Å². The van der Waals surface area contributed by atoms with E-state index >= 15 is 0 Å². The fourth-order valence-electron chi connectivity index (χ4n) is 1.06. The summed E-state index contributed by atoms with van der Waals surface area (Å²) in [6.07, 6.45) is 2.22. The van der Waals surface area contributed by atoms with Crippen LogP contribution in [-0.2, 0) is 0 Å². The Bertz CT molecular complexity index is 193. The maximum Gasteiger partial charge on any atom is 0.00851 e. The highest BCUT2D eigenvalue weighted by Crippen LogP contribution is 2.15. The maximum absolute atomic E-state index is 5.76. The molecule has 0 rings (SSSR count). The zero-order chi connectivity index (χ0) is 17.8. The van der Waals surface area contributed by atoms with E-state index in [1.807, 2.05) is 6.92 Å². The normalized spacial score (nSPS) is 13.0. The molecule has 0 bridgehead atoms. The molecular formula is C18H45N3. The van der Waals surface area contributed by atoms with Gasteiger partial charge in [-0.15, -0.1) is 0 Å². The second kappa shape index (κ2) is 13.5. The van der Waals surface area contributed by atoms with Gasteiger partial charge < -0.3 is 17.2 Å². The summed E-state index contributed by atoms with van der Waals surface area (Å²) in [6.45, 7) is 21.3. The van der Waals surface area contributed by atoms with Gasteiger partial charge in [-0.2, -0.15) is 0 Å². The Hall–Kier alpha value is -0.120. The van der Waals surface area contributed by atoms with E-state index in [-0.39, 0.29) is 5.41 Å². The van der Waals surface area contributed by atoms with Gasteiger partial charge >= 0.3 is 0 Å². The molecule has 132 valence electrons. The first-order valence-corrected chi connectivity index (χ1v) is 8.57. The van der Waals surface area contributed by atoms with Crippen molar-refractivity contribution in [2.45, 2.75) is 100 Å². The zero-order valence-electron chi connectivity index (χ0n) is 16.5. The molecule has 0 fully saturated rings. The minimum Gasteiger partial charge on any atom is -0.328 e. The fourth-order valence-corrected chi connectivity index (χ4v) is 1.06. The molecule has 0 saturated heterocycles. The zero-order valence-corrected chi connectivity index (χ0v) is 16.5. The first-order chi connectivity index (χ1) is 9.30. The van der Waals surface area contributed by atoms with E-state index in [0.29, 0.717) is 30.0 Å². The molecule has 0 saturated carbocycles. The van der Waals surface area contributed by atoms with Gasteiger partial charge in [0.2, 0.25) is 0 Å². The van der Waals surface area contributed by atoms with Crippen molar-refractivity contribution in [3.05, 3.63) is 0 Å². The third-order valence-electron chi connectivity index (χ3n) is 3.95. The highest BCUT2D eigenvalue weighted by atomic mass is 14.7. The molecule has 0 aromatic heterocycles. The fraction of sp³-hybridized carbons (Fsp3) is 1.00. The first kappa shape index (κ1) is 25.8. The molecule has 1 atom stereocenters. The van der Waals surface area contributed by atoms with Crippen LogP contribution in [0.2, 0.25) is 0 Å². The molecule has 3 nitrogen and oxygen atoms in total. The molecule has 21 heavy (non-hydrogen) atoms. The molecule has 6 N–H and O–H groups in total. The van der Waals surface area contributed by atoms with Crippen LogP contribution in [0.5, 0.6) is 0 Å². The molecular weight excluding hydrogens is 258 g/mol. The van der Waals surface area contributed by atoms with Crippen LogP contribution in [0.4, 0.5) is 0 Å². The Morgan fingerprint density at radius 1 is 0.714 bits per heavy atom. The Kier molecular flexibility index (Phi) is 16.6. The lowest BCUT2D eigenvalue weighted by Gasteiger charge is -2.22. The van der Waals surface area contributed by atoms with Crippen molar-refractivity contribution < 1.29 is 0 Å². The molecule has 0 heterocycles. The lowest BCUT2D eigenvalue weighted by atomic mass is 9.89. The summed E-state index contributed by atoms with van der Waals surface area (Å²) >= 11 is 0. The molecule has 0 aliphatic carbocycles. The molecule has 0 radical (unpaired) electrons. The number of nitrogens with two attached hydrogens (primary N) is 3. The molecule has 0 amide bonds. The van der Waals surface area contributed by atoms with Gasteiger partial charge in [0, 0.05) is 18.1 Å². The first-order valence-electron chi connectivity index (χ1n) is 8.57. The lowest BCUT2D eigenvalue weighted by Crippen LogP contribution is -2.31. The summed E-state index contributed by atoms with van der Waals surface area (Å²) in [5, 5.41) is 0. The third kappa shape index (κ3) is 19.9. The minimum absolute atomic E-state index is 0.278. The molecule has 3 heteroatoms.